The van der Waals surface area contributed by atoms with Gasteiger partial charge in [-0.25, -0.2) is 5.84 Å². The standard InChI is InChI=1S/C12H14N4O3/c13-12(18)9-7-16(6-5-11(17)19-15-14)10-4-2-1-3-8(9)10/h1-4,7,15H,5-6,14H2,(H2,13,18). The van der Waals surface area contributed by atoms with Gasteiger partial charge in [0.25, 0.3) is 5.91 Å². The number of amides is 1. The molecule has 0 atom stereocenters. The number of hydrazine groups is 1. The lowest BCUT2D eigenvalue weighted by molar-refractivity contribution is -0.151. The maximum Gasteiger partial charge on any atom is 0.328 e. The Morgan fingerprint density at radius 1 is 1.32 bits per heavy atom. The number of carbonyl (C=O) groups is 2. The summed E-state index contributed by atoms with van der Waals surface area (Å²) >= 11 is 0. The van der Waals surface area contributed by atoms with Crippen LogP contribution in [0.2, 0.25) is 0 Å². The molecule has 0 bridgehead atoms. The van der Waals surface area contributed by atoms with E-state index in [1.165, 1.54) is 0 Å². The molecule has 1 aromatic heterocycles. The fourth-order valence-electron chi connectivity index (χ4n) is 1.96. The van der Waals surface area contributed by atoms with E-state index in [0.717, 1.165) is 10.9 Å². The quantitative estimate of drug-likeness (QED) is 0.520. The summed E-state index contributed by atoms with van der Waals surface area (Å²) in [5, 5.41) is 0.764. The maximum atomic E-state index is 11.4. The smallest absolute Gasteiger partial charge is 0.328 e. The average molecular weight is 262 g/mol. The van der Waals surface area contributed by atoms with Gasteiger partial charge in [-0.15, -0.1) is 0 Å². The molecule has 0 unspecified atom stereocenters. The van der Waals surface area contributed by atoms with Gasteiger partial charge >= 0.3 is 5.97 Å². The Morgan fingerprint density at radius 2 is 2.05 bits per heavy atom. The number of aryl methyl sites for hydroxylation is 1. The first-order chi connectivity index (χ1) is 9.13. The third kappa shape index (κ3) is 2.72. The zero-order chi connectivity index (χ0) is 13.8. The van der Waals surface area contributed by atoms with Crippen LogP contribution in [0.4, 0.5) is 0 Å². The Bertz CT molecular complexity index is 620. The fraction of sp³-hybridized carbons (Fsp3) is 0.167. The molecule has 0 spiro atoms. The van der Waals surface area contributed by atoms with Crippen molar-refractivity contribution in [2.75, 3.05) is 0 Å². The number of hydrogen-bond acceptors (Lipinski definition) is 5. The van der Waals surface area contributed by atoms with Gasteiger partial charge < -0.3 is 15.1 Å². The largest absolute Gasteiger partial charge is 0.366 e. The van der Waals surface area contributed by atoms with E-state index < -0.39 is 11.9 Å². The van der Waals surface area contributed by atoms with Crippen molar-refractivity contribution in [3.8, 4) is 0 Å². The molecular weight excluding hydrogens is 248 g/mol. The molecule has 100 valence electrons. The number of nitrogens with two attached hydrogens (primary N) is 2. The number of para-hydroxylation sites is 1. The molecule has 1 amide bonds. The SMILES string of the molecule is NNOC(=O)CCn1cc(C(N)=O)c2ccccc21. The topological polar surface area (TPSA) is 112 Å². The molecule has 19 heavy (non-hydrogen) atoms. The Labute approximate surface area is 109 Å². The van der Waals surface area contributed by atoms with Crippen LogP contribution < -0.4 is 17.2 Å². The molecule has 2 rings (SSSR count). The van der Waals surface area contributed by atoms with E-state index in [1.54, 1.807) is 10.8 Å². The lowest BCUT2D eigenvalue weighted by Crippen LogP contribution is -2.26. The Morgan fingerprint density at radius 3 is 2.74 bits per heavy atom. The molecule has 0 aliphatic heterocycles. The molecule has 1 aromatic carbocycles. The van der Waals surface area contributed by atoms with Gasteiger partial charge in [-0.2, -0.15) is 0 Å². The normalized spacial score (nSPS) is 10.6. The van der Waals surface area contributed by atoms with Gasteiger partial charge in [-0.3, -0.25) is 9.59 Å². The van der Waals surface area contributed by atoms with Crippen LogP contribution in [0.1, 0.15) is 16.8 Å². The van der Waals surface area contributed by atoms with Crippen LogP contribution in [0.25, 0.3) is 10.9 Å². The van der Waals surface area contributed by atoms with Gasteiger partial charge in [0.2, 0.25) is 0 Å². The first-order valence-corrected chi connectivity index (χ1v) is 5.66. The van der Waals surface area contributed by atoms with Crippen molar-refractivity contribution in [3.63, 3.8) is 0 Å². The van der Waals surface area contributed by atoms with E-state index in [1.807, 2.05) is 29.9 Å². The number of fused-ring (bicyclic) bond motifs is 1. The fourth-order valence-corrected chi connectivity index (χ4v) is 1.96. The van der Waals surface area contributed by atoms with Gasteiger partial charge in [0.15, 0.2) is 0 Å². The molecule has 7 heteroatoms. The van der Waals surface area contributed by atoms with Crippen LogP contribution in [-0.2, 0) is 16.2 Å². The highest BCUT2D eigenvalue weighted by molar-refractivity contribution is 6.06. The van der Waals surface area contributed by atoms with Gasteiger partial charge in [-0.05, 0) is 6.07 Å². The second-order valence-electron chi connectivity index (χ2n) is 3.96. The number of rotatable bonds is 5. The van der Waals surface area contributed by atoms with Crippen LogP contribution in [0, 0.1) is 0 Å². The summed E-state index contributed by atoms with van der Waals surface area (Å²) in [6.07, 6.45) is 1.76. The van der Waals surface area contributed by atoms with Crippen LogP contribution in [-0.4, -0.2) is 16.4 Å². The molecule has 0 radical (unpaired) electrons. The first kappa shape index (κ1) is 13.1. The first-order valence-electron chi connectivity index (χ1n) is 5.66. The Hall–Kier alpha value is -2.38. The molecule has 5 N–H and O–H groups in total. The van der Waals surface area contributed by atoms with E-state index in [-0.39, 0.29) is 6.42 Å². The van der Waals surface area contributed by atoms with Crippen molar-refractivity contribution >= 4 is 22.8 Å². The maximum absolute atomic E-state index is 11.4. The summed E-state index contributed by atoms with van der Waals surface area (Å²) in [4.78, 5) is 27.0. The summed E-state index contributed by atoms with van der Waals surface area (Å²) in [5.41, 5.74) is 8.43. The predicted molar refractivity (Wildman–Crippen MR) is 68.5 cm³/mol. The molecule has 0 fully saturated rings. The van der Waals surface area contributed by atoms with Gasteiger partial charge in [0.05, 0.1) is 12.0 Å². The summed E-state index contributed by atoms with van der Waals surface area (Å²) in [6, 6.07) is 7.34. The van der Waals surface area contributed by atoms with Crippen LogP contribution >= 0.6 is 0 Å². The van der Waals surface area contributed by atoms with Gasteiger partial charge in [-0.1, -0.05) is 23.8 Å². The Kier molecular flexibility index (Phi) is 3.79. The number of nitrogens with zero attached hydrogens (tertiary/aromatic N) is 1. The van der Waals surface area contributed by atoms with E-state index in [9.17, 15) is 9.59 Å². The minimum atomic E-state index is -0.499. The highest BCUT2D eigenvalue weighted by Gasteiger charge is 2.13. The minimum Gasteiger partial charge on any atom is -0.366 e. The van der Waals surface area contributed by atoms with Crippen molar-refractivity contribution in [3.05, 3.63) is 36.0 Å². The summed E-state index contributed by atoms with van der Waals surface area (Å²) in [6.45, 7) is 0.369. The number of aromatic nitrogens is 1. The molecule has 2 aromatic rings. The van der Waals surface area contributed by atoms with Crippen LogP contribution in [0.3, 0.4) is 0 Å². The lowest BCUT2D eigenvalue weighted by atomic mass is 10.2. The third-order valence-corrected chi connectivity index (χ3v) is 2.78. The molecule has 0 saturated heterocycles. The predicted octanol–water partition coefficient (Wildman–Crippen LogP) is 0.0518. The highest BCUT2D eigenvalue weighted by atomic mass is 16.7. The second-order valence-corrected chi connectivity index (χ2v) is 3.96. The zero-order valence-corrected chi connectivity index (χ0v) is 10.1. The van der Waals surface area contributed by atoms with E-state index >= 15 is 0 Å². The zero-order valence-electron chi connectivity index (χ0n) is 10.1. The van der Waals surface area contributed by atoms with Crippen molar-refractivity contribution in [2.45, 2.75) is 13.0 Å². The van der Waals surface area contributed by atoms with Gasteiger partial charge in [0, 0.05) is 23.6 Å². The van der Waals surface area contributed by atoms with E-state index in [4.69, 9.17) is 11.6 Å². The Balaban J connectivity index is 2.28. The summed E-state index contributed by atoms with van der Waals surface area (Å²) < 4.78 is 1.78. The molecule has 1 heterocycles. The number of hydrogen-bond donors (Lipinski definition) is 3. The second kappa shape index (κ2) is 5.51. The number of carbonyl (C=O) groups excluding carboxylic acids is 2. The lowest BCUT2D eigenvalue weighted by Gasteiger charge is -2.04. The van der Waals surface area contributed by atoms with Gasteiger partial charge in [0.1, 0.15) is 0 Å². The molecular formula is C12H14N4O3. The minimum absolute atomic E-state index is 0.126. The monoisotopic (exact) mass is 262 g/mol. The van der Waals surface area contributed by atoms with E-state index in [2.05, 4.69) is 4.84 Å². The molecule has 7 nitrogen and oxygen atoms in total. The van der Waals surface area contributed by atoms with Crippen molar-refractivity contribution < 1.29 is 14.4 Å². The highest BCUT2D eigenvalue weighted by Crippen LogP contribution is 2.21. The third-order valence-electron chi connectivity index (χ3n) is 2.78. The van der Waals surface area contributed by atoms with Crippen molar-refractivity contribution in [1.82, 2.24) is 10.2 Å². The average Bonchev–Trinajstić information content (AvgIpc) is 2.76. The molecule has 0 aliphatic carbocycles. The van der Waals surface area contributed by atoms with E-state index in [0.29, 0.717) is 12.1 Å². The van der Waals surface area contributed by atoms with Crippen LogP contribution in [0.5, 0.6) is 0 Å². The van der Waals surface area contributed by atoms with Crippen molar-refractivity contribution in [2.24, 2.45) is 11.6 Å². The summed E-state index contributed by atoms with van der Waals surface area (Å²) in [5.74, 6) is 3.89. The molecule has 0 saturated carbocycles. The molecule has 0 aliphatic rings. The summed E-state index contributed by atoms with van der Waals surface area (Å²) in [7, 11) is 0. The number of primary amides is 1. The number of nitrogens with one attached hydrogen (secondary N) is 1. The number of benzene rings is 1. The van der Waals surface area contributed by atoms with Crippen LogP contribution in [0.15, 0.2) is 30.5 Å². The van der Waals surface area contributed by atoms with Crippen molar-refractivity contribution in [1.29, 1.82) is 0 Å².